The Morgan fingerprint density at radius 2 is 1.82 bits per heavy atom. The Morgan fingerprint density at radius 1 is 1.06 bits per heavy atom. The van der Waals surface area contributed by atoms with Gasteiger partial charge in [0.2, 0.25) is 0 Å². The molecule has 0 aliphatic carbocycles. The average Bonchev–Trinajstić information content (AvgIpc) is 2.88. The van der Waals surface area contributed by atoms with Gasteiger partial charge in [0.1, 0.15) is 0 Å². The first-order valence-corrected chi connectivity index (χ1v) is 5.99. The van der Waals surface area contributed by atoms with Crippen molar-refractivity contribution in [2.45, 2.75) is 19.5 Å². The van der Waals surface area contributed by atoms with Gasteiger partial charge in [-0.25, -0.2) is 0 Å². The number of rotatable bonds is 6. The monoisotopic (exact) mass is 229 g/mol. The second-order valence-corrected chi connectivity index (χ2v) is 4.14. The summed E-state index contributed by atoms with van der Waals surface area (Å²) in [6, 6.07) is 12.6. The fourth-order valence-electron chi connectivity index (χ4n) is 1.77. The van der Waals surface area contributed by atoms with Crippen LogP contribution in [0.4, 0.5) is 0 Å². The summed E-state index contributed by atoms with van der Waals surface area (Å²) in [5, 5.41) is 3.43. The van der Waals surface area contributed by atoms with Crippen LogP contribution in [0.1, 0.15) is 16.8 Å². The van der Waals surface area contributed by atoms with Crippen LogP contribution in [0.3, 0.4) is 0 Å². The SMILES string of the molecule is NCc1ccc(CNCCc2ccc[nH]2)cc1. The summed E-state index contributed by atoms with van der Waals surface area (Å²) in [6.07, 6.45) is 2.99. The van der Waals surface area contributed by atoms with Crippen LogP contribution in [0.5, 0.6) is 0 Å². The predicted molar refractivity (Wildman–Crippen MR) is 70.5 cm³/mol. The molecule has 0 atom stereocenters. The number of nitrogens with one attached hydrogen (secondary N) is 2. The molecule has 90 valence electrons. The summed E-state index contributed by atoms with van der Waals surface area (Å²) in [6.45, 7) is 2.51. The molecular weight excluding hydrogens is 210 g/mol. The smallest absolute Gasteiger partial charge is 0.0205 e. The zero-order valence-electron chi connectivity index (χ0n) is 9.95. The molecule has 4 N–H and O–H groups in total. The highest BCUT2D eigenvalue weighted by molar-refractivity contribution is 5.22. The lowest BCUT2D eigenvalue weighted by Gasteiger charge is -2.05. The molecule has 1 aromatic carbocycles. The molecule has 3 nitrogen and oxygen atoms in total. The minimum Gasteiger partial charge on any atom is -0.365 e. The number of hydrogen-bond acceptors (Lipinski definition) is 2. The molecule has 0 aliphatic heterocycles. The molecule has 2 rings (SSSR count). The lowest BCUT2D eigenvalue weighted by atomic mass is 10.1. The van der Waals surface area contributed by atoms with Crippen molar-refractivity contribution in [3.63, 3.8) is 0 Å². The molecule has 0 saturated carbocycles. The van der Waals surface area contributed by atoms with Crippen molar-refractivity contribution in [3.05, 3.63) is 59.4 Å². The van der Waals surface area contributed by atoms with E-state index in [4.69, 9.17) is 5.73 Å². The van der Waals surface area contributed by atoms with Crippen molar-refractivity contribution in [2.24, 2.45) is 5.73 Å². The Hall–Kier alpha value is -1.58. The van der Waals surface area contributed by atoms with Gasteiger partial charge in [-0.05, 0) is 29.7 Å². The average molecular weight is 229 g/mol. The number of nitrogens with two attached hydrogens (primary N) is 1. The minimum atomic E-state index is 0.612. The van der Waals surface area contributed by atoms with Gasteiger partial charge in [0.25, 0.3) is 0 Å². The highest BCUT2D eigenvalue weighted by Gasteiger charge is 1.95. The molecule has 1 heterocycles. The zero-order chi connectivity index (χ0) is 11.9. The number of benzene rings is 1. The van der Waals surface area contributed by atoms with E-state index >= 15 is 0 Å². The summed E-state index contributed by atoms with van der Waals surface area (Å²) < 4.78 is 0. The van der Waals surface area contributed by atoms with Crippen LogP contribution in [-0.4, -0.2) is 11.5 Å². The molecule has 0 aliphatic rings. The quantitative estimate of drug-likeness (QED) is 0.662. The Bertz CT molecular complexity index is 417. The van der Waals surface area contributed by atoms with E-state index in [0.29, 0.717) is 6.54 Å². The van der Waals surface area contributed by atoms with Gasteiger partial charge in [-0.1, -0.05) is 24.3 Å². The van der Waals surface area contributed by atoms with Crippen LogP contribution in [0, 0.1) is 0 Å². The number of H-pyrrole nitrogens is 1. The minimum absolute atomic E-state index is 0.612. The van der Waals surface area contributed by atoms with E-state index in [1.54, 1.807) is 0 Å². The third-order valence-electron chi connectivity index (χ3n) is 2.82. The predicted octanol–water partition coefficient (Wildman–Crippen LogP) is 1.81. The van der Waals surface area contributed by atoms with Gasteiger partial charge < -0.3 is 16.0 Å². The third kappa shape index (κ3) is 3.73. The van der Waals surface area contributed by atoms with Crippen molar-refractivity contribution in [3.8, 4) is 0 Å². The maximum absolute atomic E-state index is 5.56. The highest BCUT2D eigenvalue weighted by atomic mass is 14.9. The Kier molecular flexibility index (Phi) is 4.36. The van der Waals surface area contributed by atoms with Crippen LogP contribution < -0.4 is 11.1 Å². The second kappa shape index (κ2) is 6.23. The standard InChI is InChI=1S/C14H19N3/c15-10-12-3-5-13(6-4-12)11-16-9-7-14-2-1-8-17-14/h1-6,8,16-17H,7,9-11,15H2. The maximum Gasteiger partial charge on any atom is 0.0205 e. The Labute approximate surface area is 102 Å². The van der Waals surface area contributed by atoms with E-state index in [0.717, 1.165) is 19.5 Å². The fraction of sp³-hybridized carbons (Fsp3) is 0.286. The van der Waals surface area contributed by atoms with E-state index < -0.39 is 0 Å². The number of aromatic nitrogens is 1. The van der Waals surface area contributed by atoms with Crippen LogP contribution >= 0.6 is 0 Å². The van der Waals surface area contributed by atoms with Crippen molar-refractivity contribution >= 4 is 0 Å². The molecule has 1 aromatic heterocycles. The molecule has 0 saturated heterocycles. The van der Waals surface area contributed by atoms with Crippen LogP contribution in [0.15, 0.2) is 42.6 Å². The molecule has 3 heteroatoms. The first kappa shape index (κ1) is 11.9. The molecule has 0 fully saturated rings. The highest BCUT2D eigenvalue weighted by Crippen LogP contribution is 2.03. The first-order chi connectivity index (χ1) is 8.38. The fourth-order valence-corrected chi connectivity index (χ4v) is 1.77. The molecule has 0 radical (unpaired) electrons. The van der Waals surface area contributed by atoms with Gasteiger partial charge in [0.15, 0.2) is 0 Å². The van der Waals surface area contributed by atoms with Crippen molar-refractivity contribution in [2.75, 3.05) is 6.54 Å². The van der Waals surface area contributed by atoms with Crippen molar-refractivity contribution in [1.82, 2.24) is 10.3 Å². The maximum atomic E-state index is 5.56. The van der Waals surface area contributed by atoms with Gasteiger partial charge >= 0.3 is 0 Å². The molecule has 17 heavy (non-hydrogen) atoms. The van der Waals surface area contributed by atoms with Gasteiger partial charge in [-0.15, -0.1) is 0 Å². The largest absolute Gasteiger partial charge is 0.365 e. The van der Waals surface area contributed by atoms with E-state index in [9.17, 15) is 0 Å². The van der Waals surface area contributed by atoms with Gasteiger partial charge in [0.05, 0.1) is 0 Å². The van der Waals surface area contributed by atoms with E-state index in [-0.39, 0.29) is 0 Å². The zero-order valence-corrected chi connectivity index (χ0v) is 9.95. The van der Waals surface area contributed by atoms with Gasteiger partial charge in [-0.3, -0.25) is 0 Å². The van der Waals surface area contributed by atoms with E-state index in [2.05, 4.69) is 40.6 Å². The van der Waals surface area contributed by atoms with Crippen LogP contribution in [0.2, 0.25) is 0 Å². The van der Waals surface area contributed by atoms with E-state index in [1.807, 2.05) is 12.3 Å². The van der Waals surface area contributed by atoms with Gasteiger partial charge in [0, 0.05) is 31.5 Å². The van der Waals surface area contributed by atoms with Crippen molar-refractivity contribution in [1.29, 1.82) is 0 Å². The molecule has 0 unspecified atom stereocenters. The third-order valence-corrected chi connectivity index (χ3v) is 2.82. The van der Waals surface area contributed by atoms with Crippen LogP contribution in [-0.2, 0) is 19.5 Å². The molecule has 2 aromatic rings. The summed E-state index contributed by atoms with van der Waals surface area (Å²) >= 11 is 0. The summed E-state index contributed by atoms with van der Waals surface area (Å²) in [5.41, 5.74) is 9.31. The molecular formula is C14H19N3. The number of hydrogen-bond donors (Lipinski definition) is 3. The lowest BCUT2D eigenvalue weighted by molar-refractivity contribution is 0.681. The molecule has 0 spiro atoms. The van der Waals surface area contributed by atoms with Gasteiger partial charge in [-0.2, -0.15) is 0 Å². The van der Waals surface area contributed by atoms with E-state index in [1.165, 1.54) is 16.8 Å². The molecule has 0 amide bonds. The Balaban J connectivity index is 1.70. The summed E-state index contributed by atoms with van der Waals surface area (Å²) in [5.74, 6) is 0. The second-order valence-electron chi connectivity index (χ2n) is 4.14. The van der Waals surface area contributed by atoms with Crippen molar-refractivity contribution < 1.29 is 0 Å². The Morgan fingerprint density at radius 3 is 2.47 bits per heavy atom. The first-order valence-electron chi connectivity index (χ1n) is 5.99. The molecule has 0 bridgehead atoms. The summed E-state index contributed by atoms with van der Waals surface area (Å²) in [7, 11) is 0. The normalized spacial score (nSPS) is 10.6. The number of aromatic amines is 1. The lowest BCUT2D eigenvalue weighted by Crippen LogP contribution is -2.16. The van der Waals surface area contributed by atoms with Crippen LogP contribution in [0.25, 0.3) is 0 Å². The summed E-state index contributed by atoms with van der Waals surface area (Å²) in [4.78, 5) is 3.20. The topological polar surface area (TPSA) is 53.8 Å².